The zero-order chi connectivity index (χ0) is 12.0. The minimum atomic E-state index is 0.591. The molecule has 0 atom stereocenters. The van der Waals surface area contributed by atoms with Crippen LogP contribution >= 0.6 is 0 Å². The van der Waals surface area contributed by atoms with Crippen LogP contribution < -0.4 is 5.32 Å². The molecule has 0 radical (unpaired) electrons. The van der Waals surface area contributed by atoms with Crippen molar-refractivity contribution < 1.29 is 0 Å². The van der Waals surface area contributed by atoms with Crippen LogP contribution in [0.25, 0.3) is 0 Å². The van der Waals surface area contributed by atoms with Crippen LogP contribution in [0, 0.1) is 5.92 Å². The first-order valence-corrected chi connectivity index (χ1v) is 6.44. The molecule has 0 bridgehead atoms. The van der Waals surface area contributed by atoms with Crippen LogP contribution in [0.5, 0.6) is 0 Å². The molecule has 0 fully saturated rings. The molecule has 0 aliphatic heterocycles. The standard InChI is InChI=1S/C15H25N/c1-12(2)8-7-11-16-15-10-6-5-9-14(15)13(3)4/h5-6,9-10,12-13,16H,7-8,11H2,1-4H3. The first-order valence-electron chi connectivity index (χ1n) is 6.44. The zero-order valence-corrected chi connectivity index (χ0v) is 11.1. The van der Waals surface area contributed by atoms with Crippen LogP contribution in [-0.4, -0.2) is 6.54 Å². The van der Waals surface area contributed by atoms with Gasteiger partial charge in [-0.15, -0.1) is 0 Å². The quantitative estimate of drug-likeness (QED) is 0.686. The third-order valence-electron chi connectivity index (χ3n) is 2.86. The molecular formula is C15H25N. The van der Waals surface area contributed by atoms with E-state index in [4.69, 9.17) is 0 Å². The summed E-state index contributed by atoms with van der Waals surface area (Å²) in [5, 5.41) is 3.55. The van der Waals surface area contributed by atoms with Crippen LogP contribution in [-0.2, 0) is 0 Å². The van der Waals surface area contributed by atoms with Crippen molar-refractivity contribution in [3.8, 4) is 0 Å². The van der Waals surface area contributed by atoms with Crippen LogP contribution in [0.4, 0.5) is 5.69 Å². The fourth-order valence-electron chi connectivity index (χ4n) is 1.89. The Morgan fingerprint density at radius 3 is 2.38 bits per heavy atom. The Morgan fingerprint density at radius 1 is 1.06 bits per heavy atom. The van der Waals surface area contributed by atoms with Crippen LogP contribution in [0.2, 0.25) is 0 Å². The fraction of sp³-hybridized carbons (Fsp3) is 0.600. The zero-order valence-electron chi connectivity index (χ0n) is 11.1. The summed E-state index contributed by atoms with van der Waals surface area (Å²) in [5.74, 6) is 1.40. The molecule has 0 spiro atoms. The fourth-order valence-corrected chi connectivity index (χ4v) is 1.89. The number of rotatable bonds is 6. The van der Waals surface area contributed by atoms with Gasteiger partial charge in [-0.05, 0) is 36.3 Å². The Balaban J connectivity index is 2.47. The smallest absolute Gasteiger partial charge is 0.0375 e. The predicted molar refractivity (Wildman–Crippen MR) is 73.1 cm³/mol. The third-order valence-corrected chi connectivity index (χ3v) is 2.86. The SMILES string of the molecule is CC(C)CCCNc1ccccc1C(C)C. The minimum Gasteiger partial charge on any atom is -0.385 e. The Kier molecular flexibility index (Phi) is 5.37. The van der Waals surface area contributed by atoms with Crippen molar-refractivity contribution in [3.63, 3.8) is 0 Å². The summed E-state index contributed by atoms with van der Waals surface area (Å²) >= 11 is 0. The van der Waals surface area contributed by atoms with E-state index in [2.05, 4.69) is 57.3 Å². The van der Waals surface area contributed by atoms with Gasteiger partial charge < -0.3 is 5.32 Å². The Hall–Kier alpha value is -0.980. The van der Waals surface area contributed by atoms with Gasteiger partial charge in [-0.25, -0.2) is 0 Å². The van der Waals surface area contributed by atoms with Crippen molar-refractivity contribution in [1.82, 2.24) is 0 Å². The van der Waals surface area contributed by atoms with Crippen molar-refractivity contribution in [2.45, 2.75) is 46.5 Å². The number of hydrogen-bond donors (Lipinski definition) is 1. The number of nitrogens with one attached hydrogen (secondary N) is 1. The van der Waals surface area contributed by atoms with E-state index in [1.54, 1.807) is 0 Å². The summed E-state index contributed by atoms with van der Waals surface area (Å²) in [5.41, 5.74) is 2.73. The first-order chi connectivity index (χ1) is 7.61. The summed E-state index contributed by atoms with van der Waals surface area (Å²) < 4.78 is 0. The average molecular weight is 219 g/mol. The molecule has 0 amide bonds. The molecule has 1 heteroatoms. The molecule has 1 N–H and O–H groups in total. The van der Waals surface area contributed by atoms with E-state index in [0.29, 0.717) is 5.92 Å². The predicted octanol–water partition coefficient (Wildman–Crippen LogP) is 4.66. The van der Waals surface area contributed by atoms with Crippen molar-refractivity contribution in [2.24, 2.45) is 5.92 Å². The van der Waals surface area contributed by atoms with E-state index < -0.39 is 0 Å². The Bertz CT molecular complexity index is 302. The van der Waals surface area contributed by atoms with Crippen LogP contribution in [0.1, 0.15) is 52.0 Å². The molecule has 0 aromatic heterocycles. The molecule has 1 aromatic carbocycles. The van der Waals surface area contributed by atoms with E-state index in [1.165, 1.54) is 24.1 Å². The van der Waals surface area contributed by atoms with E-state index >= 15 is 0 Å². The highest BCUT2D eigenvalue weighted by molar-refractivity contribution is 5.52. The van der Waals surface area contributed by atoms with E-state index in [9.17, 15) is 0 Å². The second-order valence-electron chi connectivity index (χ2n) is 5.20. The molecule has 90 valence electrons. The molecule has 0 saturated carbocycles. The molecular weight excluding hydrogens is 194 g/mol. The molecule has 16 heavy (non-hydrogen) atoms. The molecule has 0 aliphatic carbocycles. The maximum absolute atomic E-state index is 3.55. The second kappa shape index (κ2) is 6.57. The number of hydrogen-bond acceptors (Lipinski definition) is 1. The highest BCUT2D eigenvalue weighted by atomic mass is 14.9. The van der Waals surface area contributed by atoms with Crippen LogP contribution in [0.3, 0.4) is 0 Å². The molecule has 1 rings (SSSR count). The second-order valence-corrected chi connectivity index (χ2v) is 5.20. The van der Waals surface area contributed by atoms with Gasteiger partial charge in [-0.1, -0.05) is 45.9 Å². The molecule has 0 aliphatic rings. The van der Waals surface area contributed by atoms with Gasteiger partial charge in [0.15, 0.2) is 0 Å². The van der Waals surface area contributed by atoms with Gasteiger partial charge in [0.05, 0.1) is 0 Å². The van der Waals surface area contributed by atoms with E-state index in [0.717, 1.165) is 12.5 Å². The van der Waals surface area contributed by atoms with Gasteiger partial charge in [0.1, 0.15) is 0 Å². The van der Waals surface area contributed by atoms with Gasteiger partial charge in [0.2, 0.25) is 0 Å². The highest BCUT2D eigenvalue weighted by Gasteiger charge is 2.04. The van der Waals surface area contributed by atoms with Crippen molar-refractivity contribution in [3.05, 3.63) is 29.8 Å². The summed E-state index contributed by atoms with van der Waals surface area (Å²) in [7, 11) is 0. The van der Waals surface area contributed by atoms with Gasteiger partial charge >= 0.3 is 0 Å². The monoisotopic (exact) mass is 219 g/mol. The molecule has 1 nitrogen and oxygen atoms in total. The van der Waals surface area contributed by atoms with Gasteiger partial charge in [0, 0.05) is 12.2 Å². The Labute approximate surface area is 100 Å². The lowest BCUT2D eigenvalue weighted by atomic mass is 10.0. The minimum absolute atomic E-state index is 0.591. The topological polar surface area (TPSA) is 12.0 Å². The van der Waals surface area contributed by atoms with Crippen molar-refractivity contribution in [1.29, 1.82) is 0 Å². The van der Waals surface area contributed by atoms with E-state index in [1.807, 2.05) is 0 Å². The van der Waals surface area contributed by atoms with Crippen molar-refractivity contribution >= 4 is 5.69 Å². The number of anilines is 1. The average Bonchev–Trinajstić information content (AvgIpc) is 2.24. The molecule has 0 heterocycles. The number of benzene rings is 1. The molecule has 0 unspecified atom stereocenters. The van der Waals surface area contributed by atoms with Gasteiger partial charge in [-0.3, -0.25) is 0 Å². The summed E-state index contributed by atoms with van der Waals surface area (Å²) in [6.45, 7) is 10.1. The molecule has 0 saturated heterocycles. The van der Waals surface area contributed by atoms with Crippen molar-refractivity contribution in [2.75, 3.05) is 11.9 Å². The lowest BCUT2D eigenvalue weighted by molar-refractivity contribution is 0.567. The lowest BCUT2D eigenvalue weighted by Gasteiger charge is -2.14. The van der Waals surface area contributed by atoms with Gasteiger partial charge in [0.25, 0.3) is 0 Å². The van der Waals surface area contributed by atoms with E-state index in [-0.39, 0.29) is 0 Å². The maximum Gasteiger partial charge on any atom is 0.0375 e. The third kappa shape index (κ3) is 4.26. The van der Waals surface area contributed by atoms with Gasteiger partial charge in [-0.2, -0.15) is 0 Å². The van der Waals surface area contributed by atoms with Crippen LogP contribution in [0.15, 0.2) is 24.3 Å². The largest absolute Gasteiger partial charge is 0.385 e. The lowest BCUT2D eigenvalue weighted by Crippen LogP contribution is -2.05. The molecule has 1 aromatic rings. The first kappa shape index (κ1) is 13.1. The number of para-hydroxylation sites is 1. The Morgan fingerprint density at radius 2 is 1.75 bits per heavy atom. The maximum atomic E-state index is 3.55. The summed E-state index contributed by atoms with van der Waals surface area (Å²) in [6.07, 6.45) is 2.56. The summed E-state index contributed by atoms with van der Waals surface area (Å²) in [6, 6.07) is 8.63. The summed E-state index contributed by atoms with van der Waals surface area (Å²) in [4.78, 5) is 0. The highest BCUT2D eigenvalue weighted by Crippen LogP contribution is 2.23. The normalized spacial score (nSPS) is 11.1.